The van der Waals surface area contributed by atoms with Gasteiger partial charge in [0.1, 0.15) is 0 Å². The molecule has 1 saturated heterocycles. The number of carbonyl (C=O) groups excluding carboxylic acids is 3. The molecule has 3 rings (SSSR count). The first-order valence-electron chi connectivity index (χ1n) is 10.6. The average Bonchev–Trinajstić information content (AvgIpc) is 3.21. The molecule has 0 spiro atoms. The van der Waals surface area contributed by atoms with Crippen molar-refractivity contribution in [3.63, 3.8) is 0 Å². The van der Waals surface area contributed by atoms with Gasteiger partial charge in [0.2, 0.25) is 11.8 Å². The van der Waals surface area contributed by atoms with Crippen molar-refractivity contribution >= 4 is 17.9 Å². The molecule has 0 aromatic rings. The van der Waals surface area contributed by atoms with Crippen molar-refractivity contribution in [2.24, 2.45) is 11.8 Å². The van der Waals surface area contributed by atoms with Crippen molar-refractivity contribution in [3.05, 3.63) is 0 Å². The van der Waals surface area contributed by atoms with Gasteiger partial charge in [0, 0.05) is 44.1 Å². The summed E-state index contributed by atoms with van der Waals surface area (Å²) in [5.74, 6) is 0.467. The molecular formula is C20H33N3O4. The molecule has 3 aliphatic rings. The van der Waals surface area contributed by atoms with E-state index in [9.17, 15) is 14.4 Å². The van der Waals surface area contributed by atoms with Gasteiger partial charge in [0.05, 0.1) is 6.61 Å². The van der Waals surface area contributed by atoms with Crippen LogP contribution >= 0.6 is 0 Å². The molecule has 152 valence electrons. The van der Waals surface area contributed by atoms with Gasteiger partial charge in [-0.15, -0.1) is 0 Å². The Bertz CT molecular complexity index is 531. The largest absolute Gasteiger partial charge is 0.450 e. The maximum atomic E-state index is 12.8. The van der Waals surface area contributed by atoms with Gasteiger partial charge in [0.25, 0.3) is 0 Å². The molecule has 0 aromatic heterocycles. The van der Waals surface area contributed by atoms with Gasteiger partial charge in [-0.1, -0.05) is 12.8 Å². The van der Waals surface area contributed by atoms with Gasteiger partial charge < -0.3 is 19.9 Å². The van der Waals surface area contributed by atoms with E-state index in [1.54, 1.807) is 11.8 Å². The second kappa shape index (κ2) is 9.42. The maximum Gasteiger partial charge on any atom is 0.409 e. The average molecular weight is 380 g/mol. The van der Waals surface area contributed by atoms with Crippen molar-refractivity contribution in [1.29, 1.82) is 0 Å². The van der Waals surface area contributed by atoms with Crippen LogP contribution in [0.3, 0.4) is 0 Å². The summed E-state index contributed by atoms with van der Waals surface area (Å²) in [5.41, 5.74) is 0. The van der Waals surface area contributed by atoms with Crippen LogP contribution < -0.4 is 5.32 Å². The topological polar surface area (TPSA) is 79.0 Å². The zero-order chi connectivity index (χ0) is 19.2. The lowest BCUT2D eigenvalue weighted by Gasteiger charge is -2.37. The number of nitrogens with one attached hydrogen (secondary N) is 1. The fourth-order valence-electron chi connectivity index (χ4n) is 4.57. The van der Waals surface area contributed by atoms with Gasteiger partial charge in [0.15, 0.2) is 0 Å². The van der Waals surface area contributed by atoms with Crippen LogP contribution in [-0.4, -0.2) is 66.5 Å². The highest BCUT2D eigenvalue weighted by molar-refractivity contribution is 5.81. The van der Waals surface area contributed by atoms with Crippen LogP contribution in [0.5, 0.6) is 0 Å². The summed E-state index contributed by atoms with van der Waals surface area (Å²) >= 11 is 0. The summed E-state index contributed by atoms with van der Waals surface area (Å²) in [5, 5.41) is 3.20. The Morgan fingerprint density at radius 1 is 0.852 bits per heavy atom. The van der Waals surface area contributed by atoms with E-state index in [0.717, 1.165) is 38.5 Å². The number of amides is 3. The zero-order valence-corrected chi connectivity index (χ0v) is 16.5. The number of carbonyl (C=O) groups is 3. The van der Waals surface area contributed by atoms with Gasteiger partial charge in [-0.3, -0.25) is 9.59 Å². The number of hydrogen-bond acceptors (Lipinski definition) is 4. The van der Waals surface area contributed by atoms with E-state index < -0.39 is 0 Å². The van der Waals surface area contributed by atoms with Crippen LogP contribution in [0.4, 0.5) is 4.79 Å². The first-order chi connectivity index (χ1) is 13.1. The fraction of sp³-hybridized carbons (Fsp3) is 0.850. The van der Waals surface area contributed by atoms with Crippen molar-refractivity contribution in [3.8, 4) is 0 Å². The molecule has 2 saturated carbocycles. The third-order valence-corrected chi connectivity index (χ3v) is 6.27. The molecule has 3 fully saturated rings. The molecule has 1 aliphatic heterocycles. The van der Waals surface area contributed by atoms with Crippen molar-refractivity contribution in [2.75, 3.05) is 32.8 Å². The lowest BCUT2D eigenvalue weighted by molar-refractivity contribution is -0.139. The number of piperazine rings is 1. The molecule has 7 heteroatoms. The summed E-state index contributed by atoms with van der Waals surface area (Å²) in [6.45, 7) is 4.37. The normalized spacial score (nSPS) is 26.7. The minimum atomic E-state index is -0.293. The summed E-state index contributed by atoms with van der Waals surface area (Å²) < 4.78 is 5.02. The lowest BCUT2D eigenvalue weighted by Crippen LogP contribution is -2.52. The first-order valence-corrected chi connectivity index (χ1v) is 10.6. The quantitative estimate of drug-likeness (QED) is 0.812. The van der Waals surface area contributed by atoms with E-state index in [1.165, 1.54) is 12.8 Å². The summed E-state index contributed by atoms with van der Waals surface area (Å²) in [6, 6.07) is 0.368. The second-order valence-corrected chi connectivity index (χ2v) is 8.05. The van der Waals surface area contributed by atoms with Crippen molar-refractivity contribution < 1.29 is 19.1 Å². The van der Waals surface area contributed by atoms with Crippen LogP contribution in [-0.2, 0) is 14.3 Å². The Labute approximate surface area is 161 Å². The summed E-state index contributed by atoms with van der Waals surface area (Å²) in [6.07, 6.45) is 7.55. The molecule has 1 N–H and O–H groups in total. The van der Waals surface area contributed by atoms with E-state index in [4.69, 9.17) is 4.74 Å². The molecule has 27 heavy (non-hydrogen) atoms. The molecule has 1 heterocycles. The van der Waals surface area contributed by atoms with Gasteiger partial charge in [-0.2, -0.15) is 0 Å². The van der Waals surface area contributed by atoms with Crippen LogP contribution in [0.2, 0.25) is 0 Å². The van der Waals surface area contributed by atoms with Gasteiger partial charge >= 0.3 is 6.09 Å². The Morgan fingerprint density at radius 2 is 1.41 bits per heavy atom. The zero-order valence-electron chi connectivity index (χ0n) is 16.5. The molecular weight excluding hydrogens is 346 g/mol. The molecule has 0 unspecified atom stereocenters. The van der Waals surface area contributed by atoms with Crippen molar-refractivity contribution in [2.45, 2.75) is 64.3 Å². The minimum Gasteiger partial charge on any atom is -0.450 e. The highest BCUT2D eigenvalue weighted by Crippen LogP contribution is 2.31. The molecule has 0 aromatic carbocycles. The number of ether oxygens (including phenoxy) is 1. The second-order valence-electron chi connectivity index (χ2n) is 8.05. The Kier molecular flexibility index (Phi) is 6.96. The third kappa shape index (κ3) is 5.14. The van der Waals surface area contributed by atoms with Crippen LogP contribution in [0.25, 0.3) is 0 Å². The Morgan fingerprint density at radius 3 is 2.00 bits per heavy atom. The predicted octanol–water partition coefficient (Wildman–Crippen LogP) is 2.15. The number of hydrogen-bond donors (Lipinski definition) is 1. The highest BCUT2D eigenvalue weighted by atomic mass is 16.6. The van der Waals surface area contributed by atoms with Crippen molar-refractivity contribution in [1.82, 2.24) is 15.1 Å². The number of nitrogens with zero attached hydrogens (tertiary/aromatic N) is 2. The van der Waals surface area contributed by atoms with E-state index >= 15 is 0 Å². The smallest absolute Gasteiger partial charge is 0.409 e. The number of rotatable bonds is 4. The molecule has 0 radical (unpaired) electrons. The van der Waals surface area contributed by atoms with E-state index in [0.29, 0.717) is 38.8 Å². The first kappa shape index (κ1) is 20.0. The van der Waals surface area contributed by atoms with E-state index in [-0.39, 0.29) is 29.7 Å². The van der Waals surface area contributed by atoms with E-state index in [1.807, 2.05) is 4.90 Å². The SMILES string of the molecule is CCOC(=O)N1CCN(C(=O)C2CCC(C(=O)NC3CCCC3)CC2)CC1. The standard InChI is InChI=1S/C20H33N3O4/c1-2-27-20(26)23-13-11-22(12-14-23)19(25)16-9-7-15(8-10-16)18(24)21-17-5-3-4-6-17/h15-17H,2-14H2,1H3,(H,21,24). The van der Waals surface area contributed by atoms with E-state index in [2.05, 4.69) is 5.32 Å². The predicted molar refractivity (Wildman–Crippen MR) is 101 cm³/mol. The van der Waals surface area contributed by atoms with Gasteiger partial charge in [-0.05, 0) is 45.4 Å². The molecule has 0 atom stereocenters. The van der Waals surface area contributed by atoms with Crippen LogP contribution in [0.15, 0.2) is 0 Å². The molecule has 7 nitrogen and oxygen atoms in total. The summed E-state index contributed by atoms with van der Waals surface area (Å²) in [4.78, 5) is 40.5. The monoisotopic (exact) mass is 379 g/mol. The third-order valence-electron chi connectivity index (χ3n) is 6.27. The van der Waals surface area contributed by atoms with Crippen LogP contribution in [0, 0.1) is 11.8 Å². The highest BCUT2D eigenvalue weighted by Gasteiger charge is 2.34. The maximum absolute atomic E-state index is 12.8. The molecule has 3 amide bonds. The lowest BCUT2D eigenvalue weighted by atomic mass is 9.80. The van der Waals surface area contributed by atoms with Crippen LogP contribution in [0.1, 0.15) is 58.3 Å². The molecule has 0 bridgehead atoms. The minimum absolute atomic E-state index is 0.0228. The molecule has 2 aliphatic carbocycles. The Balaban J connectivity index is 1.39. The van der Waals surface area contributed by atoms with Gasteiger partial charge in [-0.25, -0.2) is 4.79 Å². The fourth-order valence-corrected chi connectivity index (χ4v) is 4.57. The summed E-state index contributed by atoms with van der Waals surface area (Å²) in [7, 11) is 0. The Hall–Kier alpha value is -1.79.